The van der Waals surface area contributed by atoms with Crippen molar-refractivity contribution in [2.45, 2.75) is 0 Å². The SMILES string of the molecule is O=C1c2ccc(OCCCl)cc2C(=O)c2cc(OCCCl)ccc21. The number of halogens is 2. The summed E-state index contributed by atoms with van der Waals surface area (Å²) >= 11 is 11.2. The van der Waals surface area contributed by atoms with Crippen LogP contribution in [0.3, 0.4) is 0 Å². The van der Waals surface area contributed by atoms with Gasteiger partial charge in [-0.15, -0.1) is 23.2 Å². The molecule has 2 aromatic carbocycles. The first-order chi connectivity index (χ1) is 11.7. The van der Waals surface area contributed by atoms with E-state index in [0.29, 0.717) is 58.7 Å². The average molecular weight is 365 g/mol. The Morgan fingerprint density at radius 3 is 1.50 bits per heavy atom. The zero-order valence-electron chi connectivity index (χ0n) is 12.7. The lowest BCUT2D eigenvalue weighted by Crippen LogP contribution is -2.21. The molecule has 0 bridgehead atoms. The van der Waals surface area contributed by atoms with Gasteiger partial charge < -0.3 is 9.47 Å². The van der Waals surface area contributed by atoms with Crippen LogP contribution < -0.4 is 9.47 Å². The van der Waals surface area contributed by atoms with Crippen molar-refractivity contribution in [2.75, 3.05) is 25.0 Å². The minimum Gasteiger partial charge on any atom is -0.492 e. The maximum atomic E-state index is 12.8. The first-order valence-corrected chi connectivity index (χ1v) is 8.47. The van der Waals surface area contributed by atoms with Crippen molar-refractivity contribution in [3.05, 3.63) is 58.7 Å². The summed E-state index contributed by atoms with van der Waals surface area (Å²) in [6, 6.07) is 9.72. The van der Waals surface area contributed by atoms with Gasteiger partial charge in [-0.1, -0.05) is 0 Å². The van der Waals surface area contributed by atoms with Gasteiger partial charge in [0, 0.05) is 22.3 Å². The van der Waals surface area contributed by atoms with E-state index in [4.69, 9.17) is 32.7 Å². The first-order valence-electron chi connectivity index (χ1n) is 7.40. The normalized spacial score (nSPS) is 12.6. The number of benzene rings is 2. The molecule has 4 nitrogen and oxygen atoms in total. The summed E-state index contributed by atoms with van der Waals surface area (Å²) in [4.78, 5) is 25.4. The van der Waals surface area contributed by atoms with Crippen LogP contribution in [0.25, 0.3) is 0 Å². The molecule has 1 aliphatic carbocycles. The molecule has 0 N–H and O–H groups in total. The number of hydrogen-bond acceptors (Lipinski definition) is 4. The molecule has 0 spiro atoms. The fraction of sp³-hybridized carbons (Fsp3) is 0.222. The average Bonchev–Trinajstić information content (AvgIpc) is 2.62. The van der Waals surface area contributed by atoms with Gasteiger partial charge in [0.2, 0.25) is 0 Å². The van der Waals surface area contributed by atoms with E-state index in [1.165, 1.54) is 0 Å². The predicted molar refractivity (Wildman–Crippen MR) is 92.2 cm³/mol. The summed E-state index contributed by atoms with van der Waals surface area (Å²) in [7, 11) is 0. The van der Waals surface area contributed by atoms with Gasteiger partial charge in [-0.2, -0.15) is 0 Å². The van der Waals surface area contributed by atoms with Crippen LogP contribution in [0.1, 0.15) is 31.8 Å². The molecule has 0 saturated heterocycles. The Balaban J connectivity index is 1.99. The summed E-state index contributed by atoms with van der Waals surface area (Å²) < 4.78 is 10.9. The molecule has 0 aromatic heterocycles. The molecule has 0 amide bonds. The van der Waals surface area contributed by atoms with Crippen molar-refractivity contribution >= 4 is 34.8 Å². The molecule has 3 rings (SSSR count). The van der Waals surface area contributed by atoms with Crippen molar-refractivity contribution in [3.63, 3.8) is 0 Å². The number of ketones is 2. The second kappa shape index (κ2) is 7.24. The van der Waals surface area contributed by atoms with E-state index < -0.39 is 0 Å². The third kappa shape index (κ3) is 3.12. The Bertz CT molecular complexity index is 738. The molecule has 24 heavy (non-hydrogen) atoms. The van der Waals surface area contributed by atoms with Crippen molar-refractivity contribution in [2.24, 2.45) is 0 Å². The van der Waals surface area contributed by atoms with E-state index >= 15 is 0 Å². The summed E-state index contributed by atoms with van der Waals surface area (Å²) in [6.07, 6.45) is 0. The molecule has 0 saturated carbocycles. The maximum absolute atomic E-state index is 12.8. The molecule has 0 atom stereocenters. The number of ether oxygens (including phenoxy) is 2. The molecular weight excluding hydrogens is 351 g/mol. The fourth-order valence-corrected chi connectivity index (χ4v) is 2.76. The van der Waals surface area contributed by atoms with Crippen molar-refractivity contribution in [1.29, 1.82) is 0 Å². The first kappa shape index (κ1) is 16.8. The van der Waals surface area contributed by atoms with E-state index in [1.54, 1.807) is 36.4 Å². The molecule has 0 fully saturated rings. The van der Waals surface area contributed by atoms with Gasteiger partial charge in [-0.25, -0.2) is 0 Å². The summed E-state index contributed by atoms with van der Waals surface area (Å²) in [5, 5.41) is 0. The minimum atomic E-state index is -0.229. The Hall–Kier alpha value is -2.04. The standard InChI is InChI=1S/C18H14Cl2O4/c19-5-7-23-11-1-3-13-15(9-11)18(22)16-10-12(24-8-6-20)2-4-14(16)17(13)21/h1-4,9-10H,5-8H2. The highest BCUT2D eigenvalue weighted by Gasteiger charge is 2.30. The van der Waals surface area contributed by atoms with Crippen LogP contribution >= 0.6 is 23.2 Å². The van der Waals surface area contributed by atoms with E-state index in [-0.39, 0.29) is 11.6 Å². The molecule has 0 radical (unpaired) electrons. The van der Waals surface area contributed by atoms with Crippen molar-refractivity contribution in [3.8, 4) is 11.5 Å². The van der Waals surface area contributed by atoms with E-state index in [1.807, 2.05) is 0 Å². The van der Waals surface area contributed by atoms with Crippen LogP contribution in [0.2, 0.25) is 0 Å². The third-order valence-electron chi connectivity index (χ3n) is 3.65. The molecule has 0 aliphatic heterocycles. The van der Waals surface area contributed by atoms with E-state index in [0.717, 1.165) is 0 Å². The highest BCUT2D eigenvalue weighted by molar-refractivity contribution is 6.28. The van der Waals surface area contributed by atoms with Crippen molar-refractivity contribution < 1.29 is 19.1 Å². The number of alkyl halides is 2. The Labute approximate surface area is 149 Å². The molecule has 124 valence electrons. The summed E-state index contributed by atoms with van der Waals surface area (Å²) in [6.45, 7) is 0.658. The lowest BCUT2D eigenvalue weighted by Gasteiger charge is -2.19. The van der Waals surface area contributed by atoms with Gasteiger partial charge in [0.05, 0.1) is 11.8 Å². The lowest BCUT2D eigenvalue weighted by atomic mass is 9.84. The molecule has 0 heterocycles. The zero-order chi connectivity index (χ0) is 17.1. The molecule has 0 unspecified atom stereocenters. The Kier molecular flexibility index (Phi) is 5.07. The number of carbonyl (C=O) groups excluding carboxylic acids is 2. The molecular formula is C18H14Cl2O4. The number of carbonyl (C=O) groups is 2. The van der Waals surface area contributed by atoms with Crippen LogP contribution in [0.4, 0.5) is 0 Å². The van der Waals surface area contributed by atoms with Gasteiger partial charge in [0.1, 0.15) is 24.7 Å². The minimum absolute atomic E-state index is 0.188. The van der Waals surface area contributed by atoms with Crippen molar-refractivity contribution in [1.82, 2.24) is 0 Å². The fourth-order valence-electron chi connectivity index (χ4n) is 2.60. The topological polar surface area (TPSA) is 52.6 Å². The van der Waals surface area contributed by atoms with Gasteiger partial charge in [-0.05, 0) is 36.4 Å². The molecule has 2 aromatic rings. The van der Waals surface area contributed by atoms with Crippen LogP contribution in [-0.4, -0.2) is 36.5 Å². The highest BCUT2D eigenvalue weighted by Crippen LogP contribution is 2.32. The van der Waals surface area contributed by atoms with Gasteiger partial charge in [-0.3, -0.25) is 9.59 Å². The predicted octanol–water partition coefficient (Wildman–Crippen LogP) is 3.70. The second-order valence-electron chi connectivity index (χ2n) is 5.15. The molecule has 1 aliphatic rings. The smallest absolute Gasteiger partial charge is 0.194 e. The monoisotopic (exact) mass is 364 g/mol. The number of fused-ring (bicyclic) bond motifs is 2. The largest absolute Gasteiger partial charge is 0.492 e. The van der Waals surface area contributed by atoms with Gasteiger partial charge in [0.25, 0.3) is 0 Å². The van der Waals surface area contributed by atoms with E-state index in [9.17, 15) is 9.59 Å². The lowest BCUT2D eigenvalue weighted by molar-refractivity contribution is 0.0978. The molecule has 6 heteroatoms. The van der Waals surface area contributed by atoms with Crippen LogP contribution in [0.15, 0.2) is 36.4 Å². The maximum Gasteiger partial charge on any atom is 0.194 e. The van der Waals surface area contributed by atoms with Gasteiger partial charge >= 0.3 is 0 Å². The summed E-state index contributed by atoms with van der Waals surface area (Å²) in [5.41, 5.74) is 1.41. The van der Waals surface area contributed by atoms with Gasteiger partial charge in [0.15, 0.2) is 11.6 Å². The van der Waals surface area contributed by atoms with Crippen LogP contribution in [0.5, 0.6) is 11.5 Å². The Morgan fingerprint density at radius 1 is 0.667 bits per heavy atom. The third-order valence-corrected chi connectivity index (χ3v) is 3.96. The number of rotatable bonds is 6. The van der Waals surface area contributed by atoms with Crippen LogP contribution in [0, 0.1) is 0 Å². The zero-order valence-corrected chi connectivity index (χ0v) is 14.2. The number of hydrogen-bond donors (Lipinski definition) is 0. The van der Waals surface area contributed by atoms with E-state index in [2.05, 4.69) is 0 Å². The summed E-state index contributed by atoms with van der Waals surface area (Å²) in [5.74, 6) is 1.28. The Morgan fingerprint density at radius 2 is 1.08 bits per heavy atom. The van der Waals surface area contributed by atoms with Crippen LogP contribution in [-0.2, 0) is 0 Å². The second-order valence-corrected chi connectivity index (χ2v) is 5.90. The highest BCUT2D eigenvalue weighted by atomic mass is 35.5. The quantitative estimate of drug-likeness (QED) is 0.625.